The van der Waals surface area contributed by atoms with E-state index in [4.69, 9.17) is 20.9 Å². The minimum Gasteiger partial charge on any atom is -0.495 e. The topological polar surface area (TPSA) is 76.4 Å². The Morgan fingerprint density at radius 3 is 2.83 bits per heavy atom. The first-order valence-electron chi connectivity index (χ1n) is 5.01. The van der Waals surface area contributed by atoms with Gasteiger partial charge in [0.05, 0.1) is 18.3 Å². The number of hydrogen-bond donors (Lipinski definition) is 2. The third-order valence-corrected chi connectivity index (χ3v) is 2.38. The summed E-state index contributed by atoms with van der Waals surface area (Å²) < 4.78 is 9.74. The maximum Gasteiger partial charge on any atom is 0.326 e. The molecule has 2 aromatic rings. The Hall–Kier alpha value is -2.21. The van der Waals surface area contributed by atoms with Crippen molar-refractivity contribution in [2.45, 2.75) is 0 Å². The van der Waals surface area contributed by atoms with E-state index in [0.29, 0.717) is 16.5 Å². The van der Waals surface area contributed by atoms with Crippen LogP contribution in [0.4, 0.5) is 16.4 Å². The summed E-state index contributed by atoms with van der Waals surface area (Å²) in [6.07, 6.45) is 1.43. The van der Waals surface area contributed by atoms with Crippen LogP contribution in [0.1, 0.15) is 0 Å². The summed E-state index contributed by atoms with van der Waals surface area (Å²) in [5, 5.41) is 8.94. The molecule has 0 spiro atoms. The van der Waals surface area contributed by atoms with Crippen molar-refractivity contribution in [3.63, 3.8) is 0 Å². The fraction of sp³-hybridized carbons (Fsp3) is 0.0909. The second kappa shape index (κ2) is 5.42. The molecule has 1 heterocycles. The number of benzene rings is 1. The highest BCUT2D eigenvalue weighted by Gasteiger charge is 2.07. The van der Waals surface area contributed by atoms with Crippen LogP contribution in [0.3, 0.4) is 0 Å². The highest BCUT2D eigenvalue weighted by Crippen LogP contribution is 2.27. The first kappa shape index (κ1) is 12.3. The van der Waals surface area contributed by atoms with Crippen LogP contribution in [-0.2, 0) is 0 Å². The van der Waals surface area contributed by atoms with Crippen molar-refractivity contribution in [2.75, 3.05) is 17.7 Å². The number of urea groups is 1. The number of aromatic nitrogens is 1. The van der Waals surface area contributed by atoms with Gasteiger partial charge in [0, 0.05) is 11.8 Å². The van der Waals surface area contributed by atoms with Gasteiger partial charge in [-0.05, 0) is 18.2 Å². The monoisotopic (exact) mass is 267 g/mol. The van der Waals surface area contributed by atoms with Gasteiger partial charge in [0.2, 0.25) is 5.88 Å². The van der Waals surface area contributed by atoms with Crippen molar-refractivity contribution in [2.24, 2.45) is 0 Å². The molecule has 0 saturated carbocycles. The minimum atomic E-state index is -0.451. The minimum absolute atomic E-state index is 0.257. The lowest BCUT2D eigenvalue weighted by molar-refractivity contribution is 0.261. The summed E-state index contributed by atoms with van der Waals surface area (Å²) in [4.78, 5) is 11.6. The van der Waals surface area contributed by atoms with Crippen LogP contribution in [0.25, 0.3) is 0 Å². The number of amides is 2. The number of nitrogens with zero attached hydrogens (tertiary/aromatic N) is 1. The average Bonchev–Trinajstić information content (AvgIpc) is 2.82. The van der Waals surface area contributed by atoms with Crippen LogP contribution in [-0.4, -0.2) is 18.3 Å². The molecule has 2 amide bonds. The van der Waals surface area contributed by atoms with Gasteiger partial charge in [-0.25, -0.2) is 4.79 Å². The van der Waals surface area contributed by atoms with Crippen LogP contribution in [0.15, 0.2) is 35.0 Å². The molecule has 0 atom stereocenters. The van der Waals surface area contributed by atoms with E-state index in [-0.39, 0.29) is 5.88 Å². The molecule has 0 aliphatic heterocycles. The van der Waals surface area contributed by atoms with Crippen molar-refractivity contribution in [3.8, 4) is 5.75 Å². The maximum atomic E-state index is 11.6. The third kappa shape index (κ3) is 2.92. The highest BCUT2D eigenvalue weighted by atomic mass is 35.5. The zero-order chi connectivity index (χ0) is 13.0. The zero-order valence-corrected chi connectivity index (χ0v) is 10.2. The average molecular weight is 268 g/mol. The molecule has 0 bridgehead atoms. The van der Waals surface area contributed by atoms with Crippen molar-refractivity contribution in [1.82, 2.24) is 5.16 Å². The van der Waals surface area contributed by atoms with E-state index in [0.717, 1.165) is 0 Å². The predicted molar refractivity (Wildman–Crippen MR) is 67.1 cm³/mol. The standard InChI is InChI=1S/C11H10ClN3O3/c1-17-9-3-2-7(6-8(9)12)14-11(16)15-10-4-5-13-18-10/h2-6H,1H3,(H2,14,15,16). The fourth-order valence-corrected chi connectivity index (χ4v) is 1.56. The third-order valence-electron chi connectivity index (χ3n) is 2.08. The number of anilines is 2. The Balaban J connectivity index is 2.01. The van der Waals surface area contributed by atoms with Gasteiger partial charge in [-0.2, -0.15) is 0 Å². The van der Waals surface area contributed by atoms with Crippen LogP contribution in [0, 0.1) is 0 Å². The van der Waals surface area contributed by atoms with Crippen molar-refractivity contribution in [3.05, 3.63) is 35.5 Å². The van der Waals surface area contributed by atoms with Gasteiger partial charge >= 0.3 is 6.03 Å². The SMILES string of the molecule is COc1ccc(NC(=O)Nc2ccno2)cc1Cl. The molecule has 94 valence electrons. The van der Waals surface area contributed by atoms with Gasteiger partial charge in [0.15, 0.2) is 0 Å². The van der Waals surface area contributed by atoms with E-state index in [2.05, 4.69) is 15.8 Å². The van der Waals surface area contributed by atoms with Gasteiger partial charge in [0.25, 0.3) is 0 Å². The number of hydrogen-bond acceptors (Lipinski definition) is 4. The summed E-state index contributed by atoms with van der Waals surface area (Å²) in [7, 11) is 1.52. The predicted octanol–water partition coefficient (Wildman–Crippen LogP) is 2.98. The molecular formula is C11H10ClN3O3. The number of carbonyl (C=O) groups is 1. The summed E-state index contributed by atoms with van der Waals surface area (Å²) in [6, 6.07) is 5.99. The van der Waals surface area contributed by atoms with Crippen molar-refractivity contribution >= 4 is 29.2 Å². The Morgan fingerprint density at radius 1 is 1.39 bits per heavy atom. The van der Waals surface area contributed by atoms with Crippen molar-refractivity contribution in [1.29, 1.82) is 0 Å². The molecule has 1 aromatic carbocycles. The summed E-state index contributed by atoms with van der Waals surface area (Å²) >= 11 is 5.93. The molecule has 18 heavy (non-hydrogen) atoms. The Labute approximate surface area is 108 Å². The van der Waals surface area contributed by atoms with E-state index in [1.807, 2.05) is 0 Å². The molecular weight excluding hydrogens is 258 g/mol. The maximum absolute atomic E-state index is 11.6. The van der Waals surface area contributed by atoms with Crippen LogP contribution < -0.4 is 15.4 Å². The van der Waals surface area contributed by atoms with E-state index in [1.54, 1.807) is 18.2 Å². The molecule has 0 radical (unpaired) electrons. The molecule has 2 rings (SSSR count). The lowest BCUT2D eigenvalue weighted by Crippen LogP contribution is -2.18. The number of ether oxygens (including phenoxy) is 1. The summed E-state index contributed by atoms with van der Waals surface area (Å²) in [5.41, 5.74) is 0.540. The lowest BCUT2D eigenvalue weighted by Gasteiger charge is -2.07. The number of carbonyl (C=O) groups excluding carboxylic acids is 1. The molecule has 1 aromatic heterocycles. The van der Waals surface area contributed by atoms with Crippen molar-refractivity contribution < 1.29 is 14.1 Å². The highest BCUT2D eigenvalue weighted by molar-refractivity contribution is 6.32. The largest absolute Gasteiger partial charge is 0.495 e. The van der Waals surface area contributed by atoms with E-state index in [9.17, 15) is 4.79 Å². The van der Waals surface area contributed by atoms with Gasteiger partial charge < -0.3 is 14.6 Å². The molecule has 0 saturated heterocycles. The molecule has 0 aliphatic carbocycles. The zero-order valence-electron chi connectivity index (χ0n) is 9.44. The summed E-state index contributed by atoms with van der Waals surface area (Å²) in [5.74, 6) is 0.796. The Morgan fingerprint density at radius 2 is 2.22 bits per heavy atom. The Bertz CT molecular complexity index is 542. The lowest BCUT2D eigenvalue weighted by atomic mass is 10.3. The smallest absolute Gasteiger partial charge is 0.326 e. The summed E-state index contributed by atoms with van der Waals surface area (Å²) in [6.45, 7) is 0. The van der Waals surface area contributed by atoms with Gasteiger partial charge in [-0.15, -0.1) is 0 Å². The Kier molecular flexibility index (Phi) is 3.69. The van der Waals surface area contributed by atoms with Crippen LogP contribution >= 0.6 is 11.6 Å². The first-order chi connectivity index (χ1) is 8.69. The van der Waals surface area contributed by atoms with Gasteiger partial charge in [-0.1, -0.05) is 16.8 Å². The van der Waals surface area contributed by atoms with Gasteiger partial charge in [0.1, 0.15) is 5.75 Å². The first-order valence-corrected chi connectivity index (χ1v) is 5.39. The second-order valence-electron chi connectivity index (χ2n) is 3.31. The van der Waals surface area contributed by atoms with Crippen LogP contribution in [0.5, 0.6) is 5.75 Å². The fourth-order valence-electron chi connectivity index (χ4n) is 1.30. The normalized spacial score (nSPS) is 9.89. The molecule has 0 fully saturated rings. The quantitative estimate of drug-likeness (QED) is 0.896. The molecule has 6 nitrogen and oxygen atoms in total. The van der Waals surface area contributed by atoms with Crippen LogP contribution in [0.2, 0.25) is 5.02 Å². The van der Waals surface area contributed by atoms with E-state index >= 15 is 0 Å². The second-order valence-corrected chi connectivity index (χ2v) is 3.71. The number of nitrogens with one attached hydrogen (secondary N) is 2. The molecule has 0 unspecified atom stereocenters. The van der Waals surface area contributed by atoms with E-state index < -0.39 is 6.03 Å². The molecule has 7 heteroatoms. The number of methoxy groups -OCH3 is 1. The van der Waals surface area contributed by atoms with Gasteiger partial charge in [-0.3, -0.25) is 5.32 Å². The number of halogens is 1. The molecule has 2 N–H and O–H groups in total. The number of rotatable bonds is 3. The van der Waals surface area contributed by atoms with E-state index in [1.165, 1.54) is 19.4 Å². The molecule has 0 aliphatic rings.